The molecule has 7 heteroatoms. The minimum atomic E-state index is -0.777. The Hall–Kier alpha value is -2.93. The van der Waals surface area contributed by atoms with Gasteiger partial charge < -0.3 is 16.2 Å². The average Bonchev–Trinajstić information content (AvgIpc) is 3.10. The molecule has 4 rings (SSSR count). The van der Waals surface area contributed by atoms with Crippen molar-refractivity contribution in [2.24, 2.45) is 5.73 Å². The Kier molecular flexibility index (Phi) is 8.06. The molecule has 1 aliphatic heterocycles. The van der Waals surface area contributed by atoms with E-state index in [0.717, 1.165) is 67.8 Å². The quantitative estimate of drug-likeness (QED) is 0.455. The molecule has 1 saturated heterocycles. The molecule has 1 atom stereocenters. The molecular formula is C28H33ClN4O2. The van der Waals surface area contributed by atoms with Gasteiger partial charge in [0.05, 0.1) is 11.4 Å². The first kappa shape index (κ1) is 25.2. The highest BCUT2D eigenvalue weighted by atomic mass is 35.5. The molecule has 1 amide bonds. The van der Waals surface area contributed by atoms with Crippen LogP contribution in [-0.2, 0) is 17.8 Å². The molecule has 35 heavy (non-hydrogen) atoms. The van der Waals surface area contributed by atoms with Crippen LogP contribution in [0.4, 0.5) is 0 Å². The second-order valence-electron chi connectivity index (χ2n) is 9.12. The Bertz CT molecular complexity index is 1210. The Labute approximate surface area is 212 Å². The SMILES string of the molecule is CCc1cccc(Cl)c1C(C(N)=O)c1cc(CN2CCCNCC2)cc(-c2cccc(O)c2C)n1. The van der Waals surface area contributed by atoms with Crippen molar-refractivity contribution in [3.63, 3.8) is 0 Å². The van der Waals surface area contributed by atoms with Gasteiger partial charge in [-0.1, -0.05) is 42.8 Å². The Morgan fingerprint density at radius 3 is 2.77 bits per heavy atom. The molecule has 1 aromatic heterocycles. The van der Waals surface area contributed by atoms with Crippen molar-refractivity contribution in [3.05, 3.63) is 81.5 Å². The highest BCUT2D eigenvalue weighted by Gasteiger charge is 2.28. The highest BCUT2D eigenvalue weighted by Crippen LogP contribution is 2.36. The number of amides is 1. The summed E-state index contributed by atoms with van der Waals surface area (Å²) in [7, 11) is 0. The smallest absolute Gasteiger partial charge is 0.231 e. The molecule has 2 heterocycles. The molecule has 2 aromatic carbocycles. The molecule has 0 radical (unpaired) electrons. The maximum atomic E-state index is 12.9. The third-order valence-electron chi connectivity index (χ3n) is 6.72. The van der Waals surface area contributed by atoms with Crippen LogP contribution in [0.15, 0.2) is 48.5 Å². The van der Waals surface area contributed by atoms with Crippen LogP contribution in [0, 0.1) is 6.92 Å². The number of halogens is 1. The van der Waals surface area contributed by atoms with Crippen LogP contribution < -0.4 is 11.1 Å². The van der Waals surface area contributed by atoms with Crippen molar-refractivity contribution in [2.75, 3.05) is 26.2 Å². The molecule has 1 fully saturated rings. The lowest BCUT2D eigenvalue weighted by Gasteiger charge is -2.23. The first-order chi connectivity index (χ1) is 16.9. The van der Waals surface area contributed by atoms with E-state index >= 15 is 0 Å². The van der Waals surface area contributed by atoms with E-state index in [1.54, 1.807) is 18.2 Å². The number of aryl methyl sites for hydroxylation is 1. The van der Waals surface area contributed by atoms with Crippen molar-refractivity contribution in [1.29, 1.82) is 0 Å². The average molecular weight is 493 g/mol. The number of hydrogen-bond acceptors (Lipinski definition) is 5. The van der Waals surface area contributed by atoms with E-state index in [4.69, 9.17) is 22.3 Å². The second kappa shape index (κ2) is 11.2. The summed E-state index contributed by atoms with van der Waals surface area (Å²) >= 11 is 6.63. The Balaban J connectivity index is 1.87. The number of nitrogens with two attached hydrogens (primary N) is 1. The van der Waals surface area contributed by atoms with Gasteiger partial charge in [0.25, 0.3) is 0 Å². The number of aromatic hydroxyl groups is 1. The number of nitrogens with one attached hydrogen (secondary N) is 1. The van der Waals surface area contributed by atoms with Crippen molar-refractivity contribution in [3.8, 4) is 17.0 Å². The number of carbonyl (C=O) groups is 1. The number of carbonyl (C=O) groups excluding carboxylic acids is 1. The summed E-state index contributed by atoms with van der Waals surface area (Å²) in [6.07, 6.45) is 1.80. The van der Waals surface area contributed by atoms with Gasteiger partial charge in [-0.25, -0.2) is 0 Å². The predicted molar refractivity (Wildman–Crippen MR) is 141 cm³/mol. The number of nitrogens with zero attached hydrogens (tertiary/aromatic N) is 2. The second-order valence-corrected chi connectivity index (χ2v) is 9.52. The Morgan fingerprint density at radius 1 is 1.20 bits per heavy atom. The van der Waals surface area contributed by atoms with Gasteiger partial charge in [-0.05, 0) is 73.8 Å². The van der Waals surface area contributed by atoms with E-state index in [2.05, 4.69) is 16.3 Å². The maximum Gasteiger partial charge on any atom is 0.231 e. The zero-order chi connectivity index (χ0) is 24.9. The van der Waals surface area contributed by atoms with E-state index in [1.807, 2.05) is 38.1 Å². The van der Waals surface area contributed by atoms with Crippen molar-refractivity contribution in [1.82, 2.24) is 15.2 Å². The summed E-state index contributed by atoms with van der Waals surface area (Å²) in [4.78, 5) is 20.2. The fourth-order valence-electron chi connectivity index (χ4n) is 4.86. The first-order valence-corrected chi connectivity index (χ1v) is 12.6. The highest BCUT2D eigenvalue weighted by molar-refractivity contribution is 6.31. The van der Waals surface area contributed by atoms with Gasteiger partial charge in [0.15, 0.2) is 0 Å². The fraction of sp³-hybridized carbons (Fsp3) is 0.357. The summed E-state index contributed by atoms with van der Waals surface area (Å²) < 4.78 is 0. The first-order valence-electron chi connectivity index (χ1n) is 12.2. The molecule has 0 aliphatic carbocycles. The third-order valence-corrected chi connectivity index (χ3v) is 7.05. The lowest BCUT2D eigenvalue weighted by Crippen LogP contribution is -2.28. The number of aromatic nitrogens is 1. The largest absolute Gasteiger partial charge is 0.508 e. The molecular weight excluding hydrogens is 460 g/mol. The van der Waals surface area contributed by atoms with E-state index in [9.17, 15) is 9.90 Å². The van der Waals surface area contributed by atoms with Gasteiger partial charge in [0, 0.05) is 35.8 Å². The minimum Gasteiger partial charge on any atom is -0.508 e. The van der Waals surface area contributed by atoms with Crippen molar-refractivity contribution >= 4 is 17.5 Å². The maximum absolute atomic E-state index is 12.9. The molecule has 1 unspecified atom stereocenters. The Morgan fingerprint density at radius 2 is 2.00 bits per heavy atom. The molecule has 0 bridgehead atoms. The van der Waals surface area contributed by atoms with Gasteiger partial charge in [0.2, 0.25) is 5.91 Å². The monoisotopic (exact) mass is 492 g/mol. The fourth-order valence-corrected chi connectivity index (χ4v) is 5.16. The van der Waals surface area contributed by atoms with Crippen LogP contribution in [0.3, 0.4) is 0 Å². The van der Waals surface area contributed by atoms with E-state index in [-0.39, 0.29) is 5.75 Å². The number of pyridine rings is 1. The number of hydrogen-bond donors (Lipinski definition) is 3. The molecule has 1 aliphatic rings. The van der Waals surface area contributed by atoms with Crippen LogP contribution in [0.1, 0.15) is 47.2 Å². The van der Waals surface area contributed by atoms with Gasteiger partial charge >= 0.3 is 0 Å². The molecule has 184 valence electrons. The van der Waals surface area contributed by atoms with E-state index in [0.29, 0.717) is 22.0 Å². The van der Waals surface area contributed by atoms with Crippen LogP contribution in [0.2, 0.25) is 5.02 Å². The zero-order valence-corrected chi connectivity index (χ0v) is 21.1. The molecule has 0 saturated carbocycles. The normalized spacial score (nSPS) is 15.5. The number of phenols is 1. The van der Waals surface area contributed by atoms with E-state index < -0.39 is 11.8 Å². The third kappa shape index (κ3) is 5.67. The molecule has 0 spiro atoms. The summed E-state index contributed by atoms with van der Waals surface area (Å²) in [5, 5.41) is 14.3. The van der Waals surface area contributed by atoms with Crippen LogP contribution in [0.25, 0.3) is 11.3 Å². The standard InChI is InChI=1S/C28H33ClN4O2/c1-3-20-7-4-9-22(29)26(20)27(28(30)35)24-16-19(17-33-13-6-11-31-12-14-33)15-23(32-24)21-8-5-10-25(34)18(21)2/h4-5,7-10,15-16,27,31,34H,3,6,11-14,17H2,1-2H3,(H2,30,35). The summed E-state index contributed by atoms with van der Waals surface area (Å²) in [6.45, 7) is 8.54. The number of benzene rings is 2. The molecule has 6 nitrogen and oxygen atoms in total. The van der Waals surface area contributed by atoms with Gasteiger partial charge in [0.1, 0.15) is 11.7 Å². The predicted octanol–water partition coefficient (Wildman–Crippen LogP) is 4.39. The summed E-state index contributed by atoms with van der Waals surface area (Å²) in [5.74, 6) is -1.06. The number of rotatable bonds is 7. The lowest BCUT2D eigenvalue weighted by atomic mass is 9.88. The molecule has 3 aromatic rings. The van der Waals surface area contributed by atoms with Gasteiger partial charge in [-0.2, -0.15) is 0 Å². The summed E-state index contributed by atoms with van der Waals surface area (Å²) in [6, 6.07) is 15.1. The van der Waals surface area contributed by atoms with Crippen molar-refractivity contribution in [2.45, 2.75) is 39.2 Å². The number of phenolic OH excluding ortho intramolecular Hbond substituents is 1. The minimum absolute atomic E-state index is 0.209. The van der Waals surface area contributed by atoms with Crippen LogP contribution in [0.5, 0.6) is 5.75 Å². The zero-order valence-electron chi connectivity index (χ0n) is 20.4. The van der Waals surface area contributed by atoms with E-state index in [1.165, 1.54) is 0 Å². The van der Waals surface area contributed by atoms with Crippen LogP contribution in [-0.4, -0.2) is 47.1 Å². The molecule has 4 N–H and O–H groups in total. The number of primary amides is 1. The van der Waals surface area contributed by atoms with Gasteiger partial charge in [-0.3, -0.25) is 14.7 Å². The van der Waals surface area contributed by atoms with Crippen LogP contribution >= 0.6 is 11.6 Å². The van der Waals surface area contributed by atoms with Gasteiger partial charge in [-0.15, -0.1) is 0 Å². The topological polar surface area (TPSA) is 91.5 Å². The lowest BCUT2D eigenvalue weighted by molar-refractivity contribution is -0.118. The van der Waals surface area contributed by atoms with Crippen molar-refractivity contribution < 1.29 is 9.90 Å². The summed E-state index contributed by atoms with van der Waals surface area (Å²) in [5.41, 5.74) is 11.6.